The molecule has 1 atom stereocenters. The minimum Gasteiger partial charge on any atom is -0.361 e. The molecule has 3 aromatic heterocycles. The van der Waals surface area contributed by atoms with E-state index >= 15 is 0 Å². The van der Waals surface area contributed by atoms with Gasteiger partial charge in [0.2, 0.25) is 5.91 Å². The third-order valence-electron chi connectivity index (χ3n) is 6.52. The molecule has 1 saturated heterocycles. The van der Waals surface area contributed by atoms with Crippen molar-refractivity contribution in [2.24, 2.45) is 5.92 Å². The number of nitrogens with zero attached hydrogens (tertiary/aromatic N) is 6. The van der Waals surface area contributed by atoms with Crippen LogP contribution in [0.2, 0.25) is 0 Å². The maximum Gasteiger partial charge on any atom is 0.252 e. The van der Waals surface area contributed by atoms with Gasteiger partial charge in [-0.3, -0.25) is 4.79 Å². The third kappa shape index (κ3) is 3.48. The van der Waals surface area contributed by atoms with E-state index in [1.807, 2.05) is 24.8 Å². The summed E-state index contributed by atoms with van der Waals surface area (Å²) in [6, 6.07) is 1.96. The lowest BCUT2D eigenvalue weighted by molar-refractivity contribution is -0.131. The van der Waals surface area contributed by atoms with Crippen molar-refractivity contribution in [2.75, 3.05) is 13.1 Å². The smallest absolute Gasteiger partial charge is 0.252 e. The number of hydrogen-bond acceptors (Lipinski definition) is 6. The van der Waals surface area contributed by atoms with Crippen LogP contribution in [0.4, 0.5) is 0 Å². The second-order valence-corrected chi connectivity index (χ2v) is 8.93. The molecule has 0 spiro atoms. The lowest BCUT2D eigenvalue weighted by atomic mass is 9.83. The van der Waals surface area contributed by atoms with Crippen molar-refractivity contribution in [3.63, 3.8) is 0 Å². The highest BCUT2D eigenvalue weighted by atomic mass is 16.5. The second-order valence-electron chi connectivity index (χ2n) is 8.93. The second kappa shape index (κ2) is 7.49. The average Bonchev–Trinajstić information content (AvgIpc) is 3.31. The summed E-state index contributed by atoms with van der Waals surface area (Å²) in [5, 5.41) is 8.80. The normalized spacial score (nSPS) is 20.0. The van der Waals surface area contributed by atoms with Crippen molar-refractivity contribution in [3.8, 4) is 0 Å². The van der Waals surface area contributed by atoms with Crippen molar-refractivity contribution < 1.29 is 9.32 Å². The largest absolute Gasteiger partial charge is 0.361 e. The lowest BCUT2D eigenvalue weighted by Crippen LogP contribution is -2.39. The first-order valence-electron chi connectivity index (χ1n) is 10.9. The summed E-state index contributed by atoms with van der Waals surface area (Å²) in [6.07, 6.45) is 5.33. The molecular formula is C22H28N6O2. The molecule has 2 aliphatic rings. The minimum absolute atomic E-state index is 0.0759. The molecule has 1 aliphatic carbocycles. The van der Waals surface area contributed by atoms with E-state index in [1.165, 1.54) is 12.0 Å². The van der Waals surface area contributed by atoms with Crippen LogP contribution in [0.3, 0.4) is 0 Å². The molecule has 1 fully saturated rings. The first kappa shape index (κ1) is 19.2. The van der Waals surface area contributed by atoms with E-state index in [4.69, 9.17) is 4.52 Å². The van der Waals surface area contributed by atoms with Crippen molar-refractivity contribution in [1.82, 2.24) is 29.6 Å². The predicted molar refractivity (Wildman–Crippen MR) is 110 cm³/mol. The number of carbonyl (C=O) groups is 1. The van der Waals surface area contributed by atoms with Gasteiger partial charge >= 0.3 is 0 Å². The number of carbonyl (C=O) groups excluding carboxylic acids is 1. The first-order chi connectivity index (χ1) is 14.5. The van der Waals surface area contributed by atoms with Crippen molar-refractivity contribution in [2.45, 2.75) is 65.2 Å². The van der Waals surface area contributed by atoms with Gasteiger partial charge in [0.1, 0.15) is 5.76 Å². The molecule has 8 heteroatoms. The molecule has 5 rings (SSSR count). The Hall–Kier alpha value is -2.77. The van der Waals surface area contributed by atoms with Crippen LogP contribution in [-0.2, 0) is 24.1 Å². The highest BCUT2D eigenvalue weighted by Gasteiger charge is 2.31. The van der Waals surface area contributed by atoms with Crippen LogP contribution in [0, 0.1) is 19.8 Å². The van der Waals surface area contributed by atoms with Crippen LogP contribution >= 0.6 is 0 Å². The summed E-state index contributed by atoms with van der Waals surface area (Å²) < 4.78 is 7.47. The number of hydrogen-bond donors (Lipinski definition) is 0. The fraction of sp³-hybridized carbons (Fsp3) is 0.591. The summed E-state index contributed by atoms with van der Waals surface area (Å²) in [4.78, 5) is 23.6. The van der Waals surface area contributed by atoms with Gasteiger partial charge in [-0.1, -0.05) is 12.1 Å². The molecule has 0 aromatic carbocycles. The van der Waals surface area contributed by atoms with E-state index in [9.17, 15) is 4.79 Å². The Morgan fingerprint density at radius 2 is 2.00 bits per heavy atom. The van der Waals surface area contributed by atoms with Crippen LogP contribution in [0.5, 0.6) is 0 Å². The number of aryl methyl sites for hydroxylation is 3. The van der Waals surface area contributed by atoms with E-state index in [2.05, 4.69) is 27.1 Å². The molecule has 30 heavy (non-hydrogen) atoms. The Bertz CT molecular complexity index is 1090. The van der Waals surface area contributed by atoms with Gasteiger partial charge in [0, 0.05) is 36.0 Å². The zero-order chi connectivity index (χ0) is 20.8. The first-order valence-corrected chi connectivity index (χ1v) is 10.9. The maximum absolute atomic E-state index is 12.8. The quantitative estimate of drug-likeness (QED) is 0.662. The van der Waals surface area contributed by atoms with Crippen molar-refractivity contribution in [3.05, 3.63) is 40.3 Å². The summed E-state index contributed by atoms with van der Waals surface area (Å²) in [5.74, 6) is 3.28. The molecule has 3 aromatic rings. The average molecular weight is 409 g/mol. The number of amides is 1. The van der Waals surface area contributed by atoms with Gasteiger partial charge in [0.15, 0.2) is 5.82 Å². The van der Waals surface area contributed by atoms with Crippen LogP contribution in [-0.4, -0.2) is 48.6 Å². The Balaban J connectivity index is 1.23. The molecule has 8 nitrogen and oxygen atoms in total. The van der Waals surface area contributed by atoms with Gasteiger partial charge < -0.3 is 9.42 Å². The summed E-state index contributed by atoms with van der Waals surface area (Å²) >= 11 is 0. The number of rotatable bonds is 3. The van der Waals surface area contributed by atoms with Gasteiger partial charge in [-0.05, 0) is 57.9 Å². The molecule has 0 radical (unpaired) electrons. The van der Waals surface area contributed by atoms with Crippen molar-refractivity contribution >= 4 is 11.7 Å². The molecule has 0 bridgehead atoms. The van der Waals surface area contributed by atoms with Crippen LogP contribution in [0.25, 0.3) is 5.78 Å². The zero-order valence-electron chi connectivity index (χ0n) is 17.9. The Labute approximate surface area is 175 Å². The van der Waals surface area contributed by atoms with E-state index in [-0.39, 0.29) is 12.3 Å². The summed E-state index contributed by atoms with van der Waals surface area (Å²) in [6.45, 7) is 7.67. The molecule has 1 aliphatic heterocycles. The Kier molecular flexibility index (Phi) is 4.79. The maximum atomic E-state index is 12.8. The van der Waals surface area contributed by atoms with Crippen LogP contribution < -0.4 is 0 Å². The van der Waals surface area contributed by atoms with E-state index < -0.39 is 0 Å². The summed E-state index contributed by atoms with van der Waals surface area (Å²) in [5.41, 5.74) is 4.36. The van der Waals surface area contributed by atoms with Crippen LogP contribution in [0.1, 0.15) is 66.3 Å². The number of aromatic nitrogens is 5. The molecular weight excluding hydrogens is 380 g/mol. The topological polar surface area (TPSA) is 89.4 Å². The molecule has 4 heterocycles. The Morgan fingerprint density at radius 1 is 1.20 bits per heavy atom. The fourth-order valence-electron chi connectivity index (χ4n) is 4.85. The highest BCUT2D eigenvalue weighted by molar-refractivity contribution is 5.78. The molecule has 158 valence electrons. The minimum atomic E-state index is 0.0759. The van der Waals surface area contributed by atoms with E-state index in [0.29, 0.717) is 23.4 Å². The Morgan fingerprint density at radius 3 is 2.80 bits per heavy atom. The molecule has 1 amide bonds. The zero-order valence-corrected chi connectivity index (χ0v) is 17.9. The standard InChI is InChI=1S/C22H28N6O2/c1-13-4-5-18-17(10-13)21(30-26-18)16-6-8-27(9-7-16)20(29)12-19-24-22-23-14(2)11-15(3)28(22)25-19/h11,13,16H,4-10,12H2,1-3H3. The molecule has 0 saturated carbocycles. The van der Waals surface area contributed by atoms with E-state index in [0.717, 1.165) is 61.6 Å². The predicted octanol–water partition coefficient (Wildman–Crippen LogP) is 2.80. The van der Waals surface area contributed by atoms with Gasteiger partial charge in [-0.15, -0.1) is 5.10 Å². The fourth-order valence-corrected chi connectivity index (χ4v) is 4.85. The van der Waals surface area contributed by atoms with Gasteiger partial charge in [-0.2, -0.15) is 4.98 Å². The molecule has 0 N–H and O–H groups in total. The highest BCUT2D eigenvalue weighted by Crippen LogP contribution is 2.36. The molecule has 1 unspecified atom stereocenters. The van der Waals surface area contributed by atoms with Crippen molar-refractivity contribution in [1.29, 1.82) is 0 Å². The SMILES string of the molecule is Cc1cc(C)n2nc(CC(=O)N3CCC(c4onc5c4CC(C)CC5)CC3)nc2n1. The lowest BCUT2D eigenvalue weighted by Gasteiger charge is -2.31. The van der Waals surface area contributed by atoms with E-state index in [1.54, 1.807) is 4.52 Å². The third-order valence-corrected chi connectivity index (χ3v) is 6.52. The van der Waals surface area contributed by atoms with Gasteiger partial charge in [0.25, 0.3) is 5.78 Å². The number of likely N-dealkylation sites (tertiary alicyclic amines) is 1. The number of fused-ring (bicyclic) bond motifs is 2. The van der Waals surface area contributed by atoms with Gasteiger partial charge in [0.05, 0.1) is 12.1 Å². The summed E-state index contributed by atoms with van der Waals surface area (Å²) in [7, 11) is 0. The van der Waals surface area contributed by atoms with Gasteiger partial charge in [-0.25, -0.2) is 9.50 Å². The van der Waals surface area contributed by atoms with Crippen LogP contribution in [0.15, 0.2) is 10.6 Å². The number of piperidine rings is 1. The monoisotopic (exact) mass is 408 g/mol.